The van der Waals surface area contributed by atoms with Crippen LogP contribution in [0.15, 0.2) is 52.3 Å². The highest BCUT2D eigenvalue weighted by molar-refractivity contribution is 7.12. The van der Waals surface area contributed by atoms with Gasteiger partial charge in [-0.25, -0.2) is 4.79 Å². The highest BCUT2D eigenvalue weighted by atomic mass is 32.1. The number of ether oxygens (including phenoxy) is 2. The molecule has 0 saturated heterocycles. The Morgan fingerprint density at radius 3 is 2.41 bits per heavy atom. The third-order valence-electron chi connectivity index (χ3n) is 5.22. The summed E-state index contributed by atoms with van der Waals surface area (Å²) in [6, 6.07) is 1.89. The molecule has 0 amide bonds. The van der Waals surface area contributed by atoms with Gasteiger partial charge in [0.1, 0.15) is 17.5 Å². The second-order valence-corrected chi connectivity index (χ2v) is 9.61. The first-order valence-corrected chi connectivity index (χ1v) is 10.5. The molecule has 1 heterocycles. The third-order valence-corrected chi connectivity index (χ3v) is 6.28. The number of hydrogen-bond acceptors (Lipinski definition) is 5. The highest BCUT2D eigenvalue weighted by Crippen LogP contribution is 2.47. The number of carbonyl (C=O) groups excluding carboxylic acids is 2. The molecule has 2 rings (SSSR count). The largest absolute Gasteiger partial charge is 0.488 e. The summed E-state index contributed by atoms with van der Waals surface area (Å²) in [5, 5.41) is 1.96. The van der Waals surface area contributed by atoms with Crippen molar-refractivity contribution in [3.8, 4) is 0 Å². The zero-order chi connectivity index (χ0) is 22.0. The Morgan fingerprint density at radius 1 is 1.24 bits per heavy atom. The monoisotopic (exact) mass is 414 g/mol. The Kier molecular flexibility index (Phi) is 6.77. The van der Waals surface area contributed by atoms with E-state index in [9.17, 15) is 9.59 Å². The predicted octanol–water partition coefficient (Wildman–Crippen LogP) is 5.97. The van der Waals surface area contributed by atoms with Crippen LogP contribution < -0.4 is 0 Å². The summed E-state index contributed by atoms with van der Waals surface area (Å²) in [5.41, 5.74) is 2.99. The van der Waals surface area contributed by atoms with E-state index in [0.717, 1.165) is 34.3 Å². The maximum absolute atomic E-state index is 12.6. The predicted molar refractivity (Wildman–Crippen MR) is 118 cm³/mol. The van der Waals surface area contributed by atoms with Crippen LogP contribution >= 0.6 is 11.3 Å². The van der Waals surface area contributed by atoms with Gasteiger partial charge in [-0.3, -0.25) is 4.79 Å². The molecule has 2 unspecified atom stereocenters. The van der Waals surface area contributed by atoms with E-state index in [0.29, 0.717) is 4.88 Å². The maximum Gasteiger partial charge on any atom is 0.195 e. The number of carbonyl (C=O) groups is 1. The van der Waals surface area contributed by atoms with Gasteiger partial charge < -0.3 is 9.47 Å². The second kappa shape index (κ2) is 8.56. The van der Waals surface area contributed by atoms with E-state index >= 15 is 0 Å². The molecule has 29 heavy (non-hydrogen) atoms. The van der Waals surface area contributed by atoms with E-state index in [2.05, 4.69) is 0 Å². The van der Waals surface area contributed by atoms with Crippen molar-refractivity contribution in [1.29, 1.82) is 0 Å². The highest BCUT2D eigenvalue weighted by Gasteiger charge is 2.43. The first kappa shape index (κ1) is 22.9. The summed E-state index contributed by atoms with van der Waals surface area (Å²) in [6.07, 6.45) is 4.03. The molecule has 1 aliphatic rings. The van der Waals surface area contributed by atoms with Crippen LogP contribution in [-0.2, 0) is 14.3 Å². The van der Waals surface area contributed by atoms with Gasteiger partial charge in [-0.15, -0.1) is 11.3 Å². The average Bonchev–Trinajstić information content (AvgIpc) is 3.07. The number of thiophene rings is 1. The molecule has 5 heteroatoms. The lowest BCUT2D eigenvalue weighted by Gasteiger charge is -2.42. The first-order valence-electron chi connectivity index (χ1n) is 9.62. The van der Waals surface area contributed by atoms with Crippen molar-refractivity contribution >= 4 is 23.1 Å². The molecule has 1 aliphatic carbocycles. The molecule has 156 valence electrons. The minimum atomic E-state index is -0.617. The molecule has 0 bridgehead atoms. The number of hydrogen-bond donors (Lipinski definition) is 0. The van der Waals surface area contributed by atoms with E-state index in [1.807, 2.05) is 72.9 Å². The number of aryl methyl sites for hydroxylation is 1. The quantitative estimate of drug-likeness (QED) is 0.249. The molecular weight excluding hydrogens is 384 g/mol. The molecular formula is C24H30O4S. The number of ketones is 1. The summed E-state index contributed by atoms with van der Waals surface area (Å²) in [4.78, 5) is 24.2. The van der Waals surface area contributed by atoms with E-state index in [-0.39, 0.29) is 11.4 Å². The summed E-state index contributed by atoms with van der Waals surface area (Å²) in [7, 11) is 0. The summed E-state index contributed by atoms with van der Waals surface area (Å²) >= 11 is 1.44. The van der Waals surface area contributed by atoms with Crippen LogP contribution in [0.5, 0.6) is 0 Å². The Hall–Kier alpha value is -2.36. The zero-order valence-corrected chi connectivity index (χ0v) is 19.3. The van der Waals surface area contributed by atoms with Gasteiger partial charge in [-0.2, -0.15) is 0 Å². The van der Waals surface area contributed by atoms with Crippen LogP contribution in [0, 0.1) is 12.3 Å². The van der Waals surface area contributed by atoms with Gasteiger partial charge in [-0.05, 0) is 84.0 Å². The van der Waals surface area contributed by atoms with E-state index < -0.39 is 11.5 Å². The van der Waals surface area contributed by atoms with Gasteiger partial charge in [0.2, 0.25) is 0 Å². The molecule has 1 aromatic heterocycles. The zero-order valence-electron chi connectivity index (χ0n) is 18.5. The topological polar surface area (TPSA) is 52.6 Å². The van der Waals surface area contributed by atoms with Gasteiger partial charge in [0.05, 0.1) is 4.88 Å². The van der Waals surface area contributed by atoms with Crippen LogP contribution in [0.3, 0.4) is 0 Å². The Balaban J connectivity index is 2.51. The van der Waals surface area contributed by atoms with Crippen LogP contribution in [0.2, 0.25) is 0 Å². The number of rotatable bonds is 6. The van der Waals surface area contributed by atoms with Gasteiger partial charge in [0.25, 0.3) is 0 Å². The molecule has 1 aromatic rings. The fourth-order valence-corrected chi connectivity index (χ4v) is 4.36. The van der Waals surface area contributed by atoms with Crippen LogP contribution in [0.1, 0.15) is 63.7 Å². The fourth-order valence-electron chi connectivity index (χ4n) is 3.54. The van der Waals surface area contributed by atoms with Crippen molar-refractivity contribution in [2.24, 2.45) is 5.41 Å². The Bertz CT molecular complexity index is 932. The molecule has 4 nitrogen and oxygen atoms in total. The lowest BCUT2D eigenvalue weighted by molar-refractivity contribution is 0.0374. The van der Waals surface area contributed by atoms with Crippen LogP contribution in [0.25, 0.3) is 0 Å². The normalized spacial score (nSPS) is 22.7. The molecule has 0 spiro atoms. The van der Waals surface area contributed by atoms with Gasteiger partial charge in [-0.1, -0.05) is 11.6 Å². The van der Waals surface area contributed by atoms with E-state index in [1.165, 1.54) is 11.3 Å². The van der Waals surface area contributed by atoms with Crippen molar-refractivity contribution < 1.29 is 19.1 Å². The smallest absolute Gasteiger partial charge is 0.195 e. The third kappa shape index (κ3) is 4.98. The van der Waals surface area contributed by atoms with Gasteiger partial charge in [0.15, 0.2) is 18.0 Å². The standard InChI is InChI=1S/C24H30O4S/c1-15-13-20(29-14-15)19(26)9-10-24(8)18(4)16(2)21(28-23(5,6)7)17(3)22(24)27-12-11-25/h9-10,12-14,22H,1-8H3. The molecule has 2 atom stereocenters. The van der Waals surface area contributed by atoms with Gasteiger partial charge >= 0.3 is 0 Å². The van der Waals surface area contributed by atoms with Crippen molar-refractivity contribution in [1.82, 2.24) is 0 Å². The molecule has 0 aromatic carbocycles. The molecule has 0 radical (unpaired) electrons. The average molecular weight is 415 g/mol. The second-order valence-electron chi connectivity index (χ2n) is 8.70. The molecule has 0 aliphatic heterocycles. The SMILES string of the molecule is CC1=C(C)C(C)(C=CC(=O)c2cc(C)cs2)C(OC=C=O)C(C)=C1OC(C)(C)C. The van der Waals surface area contributed by atoms with Crippen LogP contribution in [-0.4, -0.2) is 23.4 Å². The van der Waals surface area contributed by atoms with E-state index in [1.54, 1.807) is 12.0 Å². The van der Waals surface area contributed by atoms with Crippen molar-refractivity contribution in [3.05, 3.63) is 62.8 Å². The maximum atomic E-state index is 12.6. The van der Waals surface area contributed by atoms with Crippen molar-refractivity contribution in [3.63, 3.8) is 0 Å². The number of allylic oxidation sites excluding steroid dienone is 2. The molecule has 0 saturated carbocycles. The van der Waals surface area contributed by atoms with Crippen molar-refractivity contribution in [2.45, 2.75) is 67.1 Å². The fraction of sp³-hybridized carbons (Fsp3) is 0.458. The summed E-state index contributed by atoms with van der Waals surface area (Å²) in [5.74, 6) is 2.42. The minimum absolute atomic E-state index is 0.0437. The van der Waals surface area contributed by atoms with Gasteiger partial charge in [0, 0.05) is 11.0 Å². The molecule has 0 N–H and O–H groups in total. The molecule has 0 fully saturated rings. The first-order chi connectivity index (χ1) is 13.4. The minimum Gasteiger partial charge on any atom is -0.488 e. The van der Waals surface area contributed by atoms with E-state index in [4.69, 9.17) is 9.47 Å². The summed E-state index contributed by atoms with van der Waals surface area (Å²) in [6.45, 7) is 15.9. The van der Waals surface area contributed by atoms with Crippen molar-refractivity contribution in [2.75, 3.05) is 0 Å². The Labute approximate surface area is 177 Å². The lowest BCUT2D eigenvalue weighted by Crippen LogP contribution is -2.39. The lowest BCUT2D eigenvalue weighted by atomic mass is 9.69. The Morgan fingerprint density at radius 2 is 1.90 bits per heavy atom. The van der Waals surface area contributed by atoms with Crippen LogP contribution in [0.4, 0.5) is 0 Å². The summed E-state index contributed by atoms with van der Waals surface area (Å²) < 4.78 is 12.0.